The normalized spacial score (nSPS) is 14.4. The van der Waals surface area contributed by atoms with Crippen LogP contribution in [0.5, 0.6) is 0 Å². The van der Waals surface area contributed by atoms with Gasteiger partial charge in [-0.3, -0.25) is 0 Å². The molecule has 0 aromatic heterocycles. The number of ether oxygens (including phenoxy) is 1. The molecule has 1 amide bonds. The summed E-state index contributed by atoms with van der Waals surface area (Å²) in [6.45, 7) is 28.6. The van der Waals surface area contributed by atoms with E-state index >= 15 is 0 Å². The number of alkyl carbamates (subject to hydrolysis) is 1. The van der Waals surface area contributed by atoms with Gasteiger partial charge in [-0.1, -0.05) is 41.5 Å². The van der Waals surface area contributed by atoms with E-state index < -0.39 is 28.3 Å². The van der Waals surface area contributed by atoms with Gasteiger partial charge < -0.3 is 18.9 Å². The molecular weight excluding hydrogens is 374 g/mol. The molecule has 0 unspecified atom stereocenters. The Balaban J connectivity index is 5.14. The van der Waals surface area contributed by atoms with E-state index in [1.165, 1.54) is 0 Å². The van der Waals surface area contributed by atoms with Crippen molar-refractivity contribution in [1.82, 2.24) is 5.32 Å². The van der Waals surface area contributed by atoms with Gasteiger partial charge in [0.2, 0.25) is 0 Å². The molecule has 0 heterocycles. The van der Waals surface area contributed by atoms with Crippen LogP contribution in [0.1, 0.15) is 62.3 Å². The van der Waals surface area contributed by atoms with E-state index in [2.05, 4.69) is 73.0 Å². The Morgan fingerprint density at radius 1 is 0.778 bits per heavy atom. The molecule has 1 N–H and O–H groups in total. The molecule has 0 aliphatic carbocycles. The highest BCUT2D eigenvalue weighted by molar-refractivity contribution is 6.74. The Kier molecular flexibility index (Phi) is 8.84. The number of nitrogens with one attached hydrogen (secondary N) is 1. The van der Waals surface area contributed by atoms with Gasteiger partial charge in [0.25, 0.3) is 0 Å². The number of carbonyl (C=O) groups excluding carboxylic acids is 1. The Bertz CT molecular complexity index is 456. The molecule has 7 heteroatoms. The standard InChI is InChI=1S/C20H45NO4Si2/c1-18(2,3)25-17(22)21-16(14-23-26(10,11)19(4,5)6)15-24-27(12,13)20(7,8)9/h16H,14-15H2,1-13H3,(H,21,22). The van der Waals surface area contributed by atoms with Gasteiger partial charge in [-0.05, 0) is 57.0 Å². The summed E-state index contributed by atoms with van der Waals surface area (Å²) in [5.74, 6) is 0. The van der Waals surface area contributed by atoms with Gasteiger partial charge in [0, 0.05) is 0 Å². The lowest BCUT2D eigenvalue weighted by molar-refractivity contribution is 0.0458. The maximum absolute atomic E-state index is 12.3. The summed E-state index contributed by atoms with van der Waals surface area (Å²) in [4.78, 5) is 12.3. The number of carbonyl (C=O) groups is 1. The minimum Gasteiger partial charge on any atom is -0.444 e. The van der Waals surface area contributed by atoms with E-state index in [-0.39, 0.29) is 16.1 Å². The zero-order chi connectivity index (χ0) is 21.9. The summed E-state index contributed by atoms with van der Waals surface area (Å²) in [6, 6.07) is -0.233. The first kappa shape index (κ1) is 26.6. The molecule has 0 atom stereocenters. The highest BCUT2D eigenvalue weighted by Gasteiger charge is 2.40. The first-order chi connectivity index (χ1) is 11.7. The lowest BCUT2D eigenvalue weighted by Crippen LogP contribution is -2.51. The lowest BCUT2D eigenvalue weighted by Gasteiger charge is -2.39. The SMILES string of the molecule is CC(C)(C)OC(=O)NC(CO[Si](C)(C)C(C)(C)C)CO[Si](C)(C)C(C)(C)C. The molecule has 0 saturated carbocycles. The molecule has 0 radical (unpaired) electrons. The number of hydrogen-bond acceptors (Lipinski definition) is 4. The van der Waals surface area contributed by atoms with Gasteiger partial charge in [-0.25, -0.2) is 4.79 Å². The average molecular weight is 420 g/mol. The molecule has 0 fully saturated rings. The third kappa shape index (κ3) is 9.59. The van der Waals surface area contributed by atoms with Crippen molar-refractivity contribution in [2.24, 2.45) is 0 Å². The van der Waals surface area contributed by atoms with Crippen LogP contribution in [0.15, 0.2) is 0 Å². The van der Waals surface area contributed by atoms with Crippen LogP contribution in [-0.2, 0) is 13.6 Å². The minimum atomic E-state index is -1.91. The van der Waals surface area contributed by atoms with E-state index in [4.69, 9.17) is 13.6 Å². The third-order valence-electron chi connectivity index (χ3n) is 5.62. The Morgan fingerprint density at radius 3 is 1.37 bits per heavy atom. The number of amides is 1. The lowest BCUT2D eigenvalue weighted by atomic mass is 10.2. The fourth-order valence-corrected chi connectivity index (χ4v) is 3.76. The van der Waals surface area contributed by atoms with Gasteiger partial charge in [0.15, 0.2) is 16.6 Å². The van der Waals surface area contributed by atoms with Crippen molar-refractivity contribution >= 4 is 22.7 Å². The van der Waals surface area contributed by atoms with Gasteiger partial charge >= 0.3 is 6.09 Å². The van der Waals surface area contributed by atoms with Gasteiger partial charge in [0.05, 0.1) is 19.3 Å². The molecule has 0 rings (SSSR count). The second kappa shape index (κ2) is 8.97. The van der Waals surface area contributed by atoms with Gasteiger partial charge in [0.1, 0.15) is 5.60 Å². The predicted molar refractivity (Wildman–Crippen MR) is 119 cm³/mol. The molecule has 0 aromatic carbocycles. The summed E-state index contributed by atoms with van der Waals surface area (Å²) < 4.78 is 18.1. The largest absolute Gasteiger partial charge is 0.444 e. The molecule has 0 spiro atoms. The fraction of sp³-hybridized carbons (Fsp3) is 0.950. The summed E-state index contributed by atoms with van der Waals surface area (Å²) in [6.07, 6.45) is -0.426. The van der Waals surface area contributed by atoms with Crippen LogP contribution in [-0.4, -0.2) is 47.6 Å². The van der Waals surface area contributed by atoms with E-state index in [0.29, 0.717) is 13.2 Å². The van der Waals surface area contributed by atoms with Crippen molar-refractivity contribution in [3.63, 3.8) is 0 Å². The smallest absolute Gasteiger partial charge is 0.408 e. The van der Waals surface area contributed by atoms with Crippen LogP contribution >= 0.6 is 0 Å². The Morgan fingerprint density at radius 2 is 1.11 bits per heavy atom. The molecule has 0 aliphatic rings. The summed E-state index contributed by atoms with van der Waals surface area (Å²) in [5.41, 5.74) is -0.533. The van der Waals surface area contributed by atoms with Crippen LogP contribution in [0, 0.1) is 0 Å². The number of rotatable bonds is 7. The average Bonchev–Trinajstić information content (AvgIpc) is 2.37. The molecule has 5 nitrogen and oxygen atoms in total. The number of hydrogen-bond donors (Lipinski definition) is 1. The van der Waals surface area contributed by atoms with Crippen molar-refractivity contribution in [3.8, 4) is 0 Å². The zero-order valence-electron chi connectivity index (χ0n) is 20.1. The minimum absolute atomic E-state index is 0.115. The Labute approximate surface area is 170 Å². The maximum atomic E-state index is 12.3. The fourth-order valence-electron chi connectivity index (χ4n) is 1.66. The van der Waals surface area contributed by atoms with Crippen molar-refractivity contribution in [2.75, 3.05) is 13.2 Å². The monoisotopic (exact) mass is 419 g/mol. The quantitative estimate of drug-likeness (QED) is 0.520. The molecular formula is C20H45NO4Si2. The second-order valence-corrected chi connectivity index (χ2v) is 21.1. The molecule has 0 bridgehead atoms. The van der Waals surface area contributed by atoms with Crippen LogP contribution in [0.4, 0.5) is 4.79 Å². The highest BCUT2D eigenvalue weighted by atomic mass is 28.4. The maximum Gasteiger partial charge on any atom is 0.408 e. The van der Waals surface area contributed by atoms with E-state index in [0.717, 1.165) is 0 Å². The van der Waals surface area contributed by atoms with E-state index in [1.807, 2.05) is 20.8 Å². The van der Waals surface area contributed by atoms with Gasteiger partial charge in [-0.15, -0.1) is 0 Å². The first-order valence-electron chi connectivity index (χ1n) is 9.95. The van der Waals surface area contributed by atoms with Crippen molar-refractivity contribution in [3.05, 3.63) is 0 Å². The molecule has 0 saturated heterocycles. The van der Waals surface area contributed by atoms with Crippen LogP contribution in [0.25, 0.3) is 0 Å². The van der Waals surface area contributed by atoms with E-state index in [1.54, 1.807) is 0 Å². The molecule has 0 aromatic rings. The third-order valence-corrected chi connectivity index (χ3v) is 14.6. The molecule has 0 aliphatic heterocycles. The highest BCUT2D eigenvalue weighted by Crippen LogP contribution is 2.37. The predicted octanol–water partition coefficient (Wildman–Crippen LogP) is 5.92. The second-order valence-electron chi connectivity index (χ2n) is 11.5. The Hall–Kier alpha value is -0.376. The summed E-state index contributed by atoms with van der Waals surface area (Å²) in [7, 11) is -3.83. The molecule has 162 valence electrons. The van der Waals surface area contributed by atoms with Gasteiger partial charge in [-0.2, -0.15) is 0 Å². The topological polar surface area (TPSA) is 56.8 Å². The van der Waals surface area contributed by atoms with Crippen LogP contribution in [0.2, 0.25) is 36.3 Å². The van der Waals surface area contributed by atoms with Crippen LogP contribution in [0.3, 0.4) is 0 Å². The van der Waals surface area contributed by atoms with Crippen molar-refractivity contribution in [1.29, 1.82) is 0 Å². The zero-order valence-corrected chi connectivity index (χ0v) is 22.1. The molecule has 27 heavy (non-hydrogen) atoms. The summed E-state index contributed by atoms with van der Waals surface area (Å²) in [5, 5.41) is 3.18. The first-order valence-corrected chi connectivity index (χ1v) is 15.8. The van der Waals surface area contributed by atoms with E-state index in [9.17, 15) is 4.79 Å². The summed E-state index contributed by atoms with van der Waals surface area (Å²) >= 11 is 0. The van der Waals surface area contributed by atoms with Crippen LogP contribution < -0.4 is 5.32 Å². The van der Waals surface area contributed by atoms with Crippen molar-refractivity contribution < 1.29 is 18.4 Å². The van der Waals surface area contributed by atoms with Crippen molar-refractivity contribution in [2.45, 2.75) is 110 Å².